The Kier molecular flexibility index (Phi) is 6.00. The quantitative estimate of drug-likeness (QED) is 0.828. The number of hydrogen-bond donors (Lipinski definition) is 1. The van der Waals surface area contributed by atoms with Crippen molar-refractivity contribution in [3.05, 3.63) is 53.6 Å². The van der Waals surface area contributed by atoms with Crippen molar-refractivity contribution in [2.24, 2.45) is 0 Å². The van der Waals surface area contributed by atoms with Crippen molar-refractivity contribution in [3.63, 3.8) is 0 Å². The summed E-state index contributed by atoms with van der Waals surface area (Å²) in [5.74, 6) is 2.39. The topological polar surface area (TPSA) is 56.8 Å². The summed E-state index contributed by atoms with van der Waals surface area (Å²) in [5, 5.41) is 2.98. The molecule has 0 spiro atoms. The van der Waals surface area contributed by atoms with Crippen molar-refractivity contribution in [2.75, 3.05) is 19.8 Å². The van der Waals surface area contributed by atoms with Gasteiger partial charge in [0.1, 0.15) is 25.6 Å². The van der Waals surface area contributed by atoms with E-state index >= 15 is 0 Å². The van der Waals surface area contributed by atoms with Crippen LogP contribution in [0.5, 0.6) is 17.2 Å². The van der Waals surface area contributed by atoms with Crippen LogP contribution in [0.4, 0.5) is 0 Å². The summed E-state index contributed by atoms with van der Waals surface area (Å²) >= 11 is 0. The lowest BCUT2D eigenvalue weighted by molar-refractivity contribution is -0.121. The van der Waals surface area contributed by atoms with Crippen LogP contribution in [0.25, 0.3) is 0 Å². The molecule has 0 saturated heterocycles. The predicted octanol–water partition coefficient (Wildman–Crippen LogP) is 3.28. The highest BCUT2D eigenvalue weighted by Crippen LogP contribution is 2.31. The average molecular weight is 355 g/mol. The van der Waals surface area contributed by atoms with E-state index in [1.54, 1.807) is 0 Å². The highest BCUT2D eigenvalue weighted by molar-refractivity contribution is 5.76. The second kappa shape index (κ2) is 8.61. The maximum atomic E-state index is 12.2. The van der Waals surface area contributed by atoms with Crippen LogP contribution in [0.15, 0.2) is 42.5 Å². The lowest BCUT2D eigenvalue weighted by atomic mass is 10.1. The zero-order valence-electron chi connectivity index (χ0n) is 15.3. The van der Waals surface area contributed by atoms with Crippen LogP contribution in [0.1, 0.15) is 24.5 Å². The number of nitrogens with one attached hydrogen (secondary N) is 1. The van der Waals surface area contributed by atoms with E-state index in [-0.39, 0.29) is 11.9 Å². The Morgan fingerprint density at radius 3 is 2.73 bits per heavy atom. The molecule has 0 aromatic heterocycles. The Balaban J connectivity index is 1.43. The summed E-state index contributed by atoms with van der Waals surface area (Å²) in [7, 11) is 0. The van der Waals surface area contributed by atoms with Crippen molar-refractivity contribution >= 4 is 5.91 Å². The van der Waals surface area contributed by atoms with Gasteiger partial charge >= 0.3 is 0 Å². The van der Waals surface area contributed by atoms with Gasteiger partial charge in [0.05, 0.1) is 6.04 Å². The standard InChI is InChI=1S/C21H25NO4/c1-15-5-3-4-6-18(15)26-14-16(2)22-21(23)10-8-17-7-9-19-20(13-17)25-12-11-24-19/h3-7,9,13,16H,8,10-12,14H2,1-2H3,(H,22,23). The van der Waals surface area contributed by atoms with Crippen LogP contribution in [-0.4, -0.2) is 31.8 Å². The highest BCUT2D eigenvalue weighted by atomic mass is 16.6. The van der Waals surface area contributed by atoms with E-state index in [0.717, 1.165) is 28.4 Å². The molecule has 138 valence electrons. The maximum absolute atomic E-state index is 12.2. The van der Waals surface area contributed by atoms with Crippen LogP contribution in [0.2, 0.25) is 0 Å². The molecule has 0 fully saturated rings. The maximum Gasteiger partial charge on any atom is 0.220 e. The zero-order valence-corrected chi connectivity index (χ0v) is 15.3. The number of amides is 1. The number of rotatable bonds is 7. The van der Waals surface area contributed by atoms with E-state index in [0.29, 0.717) is 32.7 Å². The lowest BCUT2D eigenvalue weighted by Crippen LogP contribution is -2.36. The van der Waals surface area contributed by atoms with Gasteiger partial charge in [0.15, 0.2) is 11.5 Å². The van der Waals surface area contributed by atoms with Crippen LogP contribution in [0, 0.1) is 6.92 Å². The third-order valence-electron chi connectivity index (χ3n) is 4.24. The molecule has 1 aliphatic heterocycles. The second-order valence-electron chi connectivity index (χ2n) is 6.52. The van der Waals surface area contributed by atoms with Gasteiger partial charge in [0, 0.05) is 6.42 Å². The molecule has 2 aromatic carbocycles. The van der Waals surface area contributed by atoms with Gasteiger partial charge in [-0.25, -0.2) is 0 Å². The minimum Gasteiger partial charge on any atom is -0.491 e. The molecular formula is C21H25NO4. The van der Waals surface area contributed by atoms with Gasteiger partial charge in [-0.15, -0.1) is 0 Å². The third-order valence-corrected chi connectivity index (χ3v) is 4.24. The van der Waals surface area contributed by atoms with Crippen LogP contribution < -0.4 is 19.5 Å². The fraction of sp³-hybridized carbons (Fsp3) is 0.381. The highest BCUT2D eigenvalue weighted by Gasteiger charge is 2.13. The fourth-order valence-electron chi connectivity index (χ4n) is 2.82. The molecule has 1 aliphatic rings. The van der Waals surface area contributed by atoms with Gasteiger partial charge < -0.3 is 19.5 Å². The molecule has 26 heavy (non-hydrogen) atoms. The van der Waals surface area contributed by atoms with Crippen molar-refractivity contribution in [3.8, 4) is 17.2 Å². The van der Waals surface area contributed by atoms with Gasteiger partial charge in [0.2, 0.25) is 5.91 Å². The van der Waals surface area contributed by atoms with Crippen molar-refractivity contribution < 1.29 is 19.0 Å². The Morgan fingerprint density at radius 1 is 1.15 bits per heavy atom. The summed E-state index contributed by atoms with van der Waals surface area (Å²) in [6, 6.07) is 13.6. The summed E-state index contributed by atoms with van der Waals surface area (Å²) in [4.78, 5) is 12.2. The largest absolute Gasteiger partial charge is 0.491 e. The third kappa shape index (κ3) is 4.91. The van der Waals surface area contributed by atoms with Crippen molar-refractivity contribution in [2.45, 2.75) is 32.7 Å². The molecule has 1 heterocycles. The van der Waals surface area contributed by atoms with Crippen molar-refractivity contribution in [1.82, 2.24) is 5.32 Å². The van der Waals surface area contributed by atoms with Gasteiger partial charge in [-0.2, -0.15) is 0 Å². The minimum atomic E-state index is -0.0534. The second-order valence-corrected chi connectivity index (χ2v) is 6.52. The molecule has 0 bridgehead atoms. The SMILES string of the molecule is Cc1ccccc1OCC(C)NC(=O)CCc1ccc2c(c1)OCCO2. The monoisotopic (exact) mass is 355 g/mol. The smallest absolute Gasteiger partial charge is 0.220 e. The summed E-state index contributed by atoms with van der Waals surface area (Å²) < 4.78 is 16.9. The Labute approximate surface area is 154 Å². The first kappa shape index (κ1) is 18.1. The first-order valence-corrected chi connectivity index (χ1v) is 8.98. The number of ether oxygens (including phenoxy) is 3. The van der Waals surface area contributed by atoms with E-state index in [1.165, 1.54) is 0 Å². The molecule has 0 aliphatic carbocycles. The van der Waals surface area contributed by atoms with Crippen LogP contribution >= 0.6 is 0 Å². The molecule has 5 nitrogen and oxygen atoms in total. The molecule has 1 N–H and O–H groups in total. The van der Waals surface area contributed by atoms with Gasteiger partial charge in [-0.05, 0) is 49.6 Å². The van der Waals surface area contributed by atoms with Gasteiger partial charge in [-0.3, -0.25) is 4.79 Å². The number of para-hydroxylation sites is 1. The predicted molar refractivity (Wildman–Crippen MR) is 100 cm³/mol. The van der Waals surface area contributed by atoms with Crippen molar-refractivity contribution in [1.29, 1.82) is 0 Å². The molecular weight excluding hydrogens is 330 g/mol. The summed E-state index contributed by atoms with van der Waals surface area (Å²) in [5.41, 5.74) is 2.15. The Morgan fingerprint density at radius 2 is 1.92 bits per heavy atom. The van der Waals surface area contributed by atoms with E-state index in [9.17, 15) is 4.79 Å². The van der Waals surface area contributed by atoms with Crippen LogP contribution in [-0.2, 0) is 11.2 Å². The number of carbonyl (C=O) groups is 1. The zero-order chi connectivity index (χ0) is 18.4. The van der Waals surface area contributed by atoms with E-state index in [4.69, 9.17) is 14.2 Å². The molecule has 0 saturated carbocycles. The Bertz CT molecular complexity index is 759. The summed E-state index contributed by atoms with van der Waals surface area (Å²) in [6.07, 6.45) is 1.09. The van der Waals surface area contributed by atoms with E-state index < -0.39 is 0 Å². The normalized spacial score (nSPS) is 13.8. The number of hydrogen-bond acceptors (Lipinski definition) is 4. The minimum absolute atomic E-state index is 0.0146. The number of aryl methyl sites for hydroxylation is 2. The molecule has 3 rings (SSSR count). The summed E-state index contributed by atoms with van der Waals surface area (Å²) in [6.45, 7) is 5.54. The number of fused-ring (bicyclic) bond motifs is 1. The molecule has 1 unspecified atom stereocenters. The van der Waals surface area contributed by atoms with Gasteiger partial charge in [-0.1, -0.05) is 24.3 Å². The first-order valence-electron chi connectivity index (χ1n) is 8.98. The van der Waals surface area contributed by atoms with Gasteiger partial charge in [0.25, 0.3) is 0 Å². The molecule has 1 atom stereocenters. The Hall–Kier alpha value is -2.69. The van der Waals surface area contributed by atoms with E-state index in [1.807, 2.05) is 56.3 Å². The van der Waals surface area contributed by atoms with Crippen LogP contribution in [0.3, 0.4) is 0 Å². The molecule has 2 aromatic rings. The molecule has 1 amide bonds. The average Bonchev–Trinajstić information content (AvgIpc) is 2.65. The van der Waals surface area contributed by atoms with E-state index in [2.05, 4.69) is 5.32 Å². The first-order chi connectivity index (χ1) is 12.6. The number of carbonyl (C=O) groups excluding carboxylic acids is 1. The molecule has 5 heteroatoms. The fourth-order valence-corrected chi connectivity index (χ4v) is 2.82. The number of benzene rings is 2. The molecule has 0 radical (unpaired) electrons. The lowest BCUT2D eigenvalue weighted by Gasteiger charge is -2.19.